The number of benzene rings is 1. The second kappa shape index (κ2) is 9.88. The SMILES string of the molecule is CC(C)(C)OC(=O)c1ncc(CCCN2CCN(S(=O)(=O)c3cc4ccc(Cl)cc4s3)CC2=O)[nH]1. The molecule has 0 radical (unpaired) electrons. The fourth-order valence-corrected chi connectivity index (χ4v) is 6.95. The zero-order valence-corrected chi connectivity index (χ0v) is 22.1. The maximum Gasteiger partial charge on any atom is 0.374 e. The van der Waals surface area contributed by atoms with Gasteiger partial charge in [-0.15, -0.1) is 11.3 Å². The molecule has 3 heterocycles. The van der Waals surface area contributed by atoms with Gasteiger partial charge in [-0.2, -0.15) is 4.31 Å². The highest BCUT2D eigenvalue weighted by Crippen LogP contribution is 2.33. The summed E-state index contributed by atoms with van der Waals surface area (Å²) in [6.07, 6.45) is 2.82. The quantitative estimate of drug-likeness (QED) is 0.459. The number of sulfonamides is 1. The highest BCUT2D eigenvalue weighted by atomic mass is 35.5. The normalized spacial score (nSPS) is 15.7. The summed E-state index contributed by atoms with van der Waals surface area (Å²) in [7, 11) is -3.77. The first-order chi connectivity index (χ1) is 16.4. The van der Waals surface area contributed by atoms with Crippen LogP contribution in [0.5, 0.6) is 0 Å². The van der Waals surface area contributed by atoms with Gasteiger partial charge >= 0.3 is 5.97 Å². The van der Waals surface area contributed by atoms with Crippen LogP contribution in [0.4, 0.5) is 0 Å². The van der Waals surface area contributed by atoms with Crippen molar-refractivity contribution >= 4 is 54.9 Å². The Kier molecular flexibility index (Phi) is 7.23. The number of esters is 1. The molecule has 1 N–H and O–H groups in total. The van der Waals surface area contributed by atoms with Crippen molar-refractivity contribution in [2.24, 2.45) is 0 Å². The molecule has 2 aromatic heterocycles. The summed E-state index contributed by atoms with van der Waals surface area (Å²) in [5, 5.41) is 1.35. The third-order valence-corrected chi connectivity index (χ3v) is 9.06. The molecule has 9 nitrogen and oxygen atoms in total. The number of carbonyl (C=O) groups excluding carboxylic acids is 2. The first-order valence-electron chi connectivity index (χ1n) is 11.2. The molecule has 0 saturated carbocycles. The Morgan fingerprint density at radius 2 is 2.03 bits per heavy atom. The molecule has 4 rings (SSSR count). The summed E-state index contributed by atoms with van der Waals surface area (Å²) in [6, 6.07) is 6.86. The van der Waals surface area contributed by atoms with Crippen LogP contribution in [0, 0.1) is 0 Å². The van der Waals surface area contributed by atoms with Gasteiger partial charge in [-0.05, 0) is 57.2 Å². The van der Waals surface area contributed by atoms with Crippen molar-refractivity contribution in [3.63, 3.8) is 0 Å². The van der Waals surface area contributed by atoms with E-state index in [4.69, 9.17) is 16.3 Å². The van der Waals surface area contributed by atoms with Gasteiger partial charge in [-0.1, -0.05) is 17.7 Å². The number of nitrogens with one attached hydrogen (secondary N) is 1. The largest absolute Gasteiger partial charge is 0.454 e. The molecule has 1 aromatic carbocycles. The zero-order valence-electron chi connectivity index (χ0n) is 19.7. The molecular formula is C23H27ClN4O5S2. The Bertz CT molecular complexity index is 1360. The summed E-state index contributed by atoms with van der Waals surface area (Å²) in [6.45, 7) is 6.20. The second-order valence-corrected chi connectivity index (χ2v) is 13.0. The van der Waals surface area contributed by atoms with Gasteiger partial charge in [0.1, 0.15) is 9.81 Å². The van der Waals surface area contributed by atoms with Gasteiger partial charge in [0.25, 0.3) is 10.0 Å². The van der Waals surface area contributed by atoms with Gasteiger partial charge in [-0.3, -0.25) is 4.79 Å². The van der Waals surface area contributed by atoms with Crippen molar-refractivity contribution in [3.8, 4) is 0 Å². The van der Waals surface area contributed by atoms with E-state index in [0.29, 0.717) is 31.0 Å². The van der Waals surface area contributed by atoms with E-state index >= 15 is 0 Å². The predicted octanol–water partition coefficient (Wildman–Crippen LogP) is 3.70. The number of rotatable bonds is 7. The van der Waals surface area contributed by atoms with Gasteiger partial charge in [0.2, 0.25) is 11.7 Å². The maximum atomic E-state index is 13.1. The van der Waals surface area contributed by atoms with Gasteiger partial charge < -0.3 is 14.6 Å². The van der Waals surface area contributed by atoms with E-state index in [9.17, 15) is 18.0 Å². The van der Waals surface area contributed by atoms with E-state index in [1.165, 1.54) is 4.31 Å². The molecule has 0 atom stereocenters. The Morgan fingerprint density at radius 1 is 1.26 bits per heavy atom. The Morgan fingerprint density at radius 3 is 2.74 bits per heavy atom. The lowest BCUT2D eigenvalue weighted by atomic mass is 10.2. The monoisotopic (exact) mass is 538 g/mol. The number of imidazole rings is 1. The molecule has 1 amide bonds. The van der Waals surface area contributed by atoms with Crippen LogP contribution < -0.4 is 0 Å². The molecule has 0 spiro atoms. The number of fused-ring (bicyclic) bond motifs is 1. The smallest absolute Gasteiger partial charge is 0.374 e. The van der Waals surface area contributed by atoms with Crippen molar-refractivity contribution in [2.75, 3.05) is 26.2 Å². The van der Waals surface area contributed by atoms with Crippen molar-refractivity contribution in [3.05, 3.63) is 47.0 Å². The number of ether oxygens (including phenoxy) is 1. The molecule has 12 heteroatoms. The molecular weight excluding hydrogens is 512 g/mol. The summed E-state index contributed by atoms with van der Waals surface area (Å²) < 4.78 is 33.8. The second-order valence-electron chi connectivity index (χ2n) is 9.33. The minimum atomic E-state index is -3.77. The molecule has 35 heavy (non-hydrogen) atoms. The topological polar surface area (TPSA) is 113 Å². The summed E-state index contributed by atoms with van der Waals surface area (Å²) in [4.78, 5) is 33.5. The first kappa shape index (κ1) is 25.6. The Hall–Kier alpha value is -2.47. The van der Waals surface area contributed by atoms with E-state index in [2.05, 4.69) is 9.97 Å². The molecule has 3 aromatic rings. The lowest BCUT2D eigenvalue weighted by Gasteiger charge is -2.33. The van der Waals surface area contributed by atoms with Crippen molar-refractivity contribution in [2.45, 2.75) is 43.4 Å². The number of thiophene rings is 1. The van der Waals surface area contributed by atoms with Crippen molar-refractivity contribution in [1.29, 1.82) is 0 Å². The number of halogens is 1. The predicted molar refractivity (Wildman–Crippen MR) is 134 cm³/mol. The van der Waals surface area contributed by atoms with Crippen LogP contribution in [0.3, 0.4) is 0 Å². The Labute approximate surface area is 213 Å². The number of carbonyl (C=O) groups is 2. The fraction of sp³-hybridized carbons (Fsp3) is 0.435. The molecule has 0 bridgehead atoms. The van der Waals surface area contributed by atoms with Crippen LogP contribution in [-0.4, -0.2) is 71.2 Å². The van der Waals surface area contributed by atoms with E-state index < -0.39 is 21.6 Å². The zero-order chi connectivity index (χ0) is 25.4. The lowest BCUT2D eigenvalue weighted by molar-refractivity contribution is -0.134. The standard InChI is InChI=1S/C23H27ClN4O5S2/c1-23(2,3)33-22(30)21-25-13-17(26-21)5-4-8-27-9-10-28(14-19(27)29)35(31,32)20-11-15-6-7-16(24)12-18(15)34-20/h6-7,11-13H,4-5,8-10,14H2,1-3H3,(H,25,26). The lowest BCUT2D eigenvalue weighted by Crippen LogP contribution is -2.52. The molecule has 1 aliphatic heterocycles. The van der Waals surface area contributed by atoms with Crippen molar-refractivity contribution in [1.82, 2.24) is 19.2 Å². The molecule has 188 valence electrons. The number of nitrogens with zero attached hydrogens (tertiary/aromatic N) is 3. The van der Waals surface area contributed by atoms with Crippen LogP contribution in [0.15, 0.2) is 34.7 Å². The highest BCUT2D eigenvalue weighted by molar-refractivity contribution is 7.91. The van der Waals surface area contributed by atoms with E-state index in [-0.39, 0.29) is 29.0 Å². The molecule has 0 aliphatic carbocycles. The number of hydrogen-bond acceptors (Lipinski definition) is 7. The van der Waals surface area contributed by atoms with Crippen LogP contribution in [0.1, 0.15) is 43.5 Å². The minimum Gasteiger partial charge on any atom is -0.454 e. The number of amides is 1. The van der Waals surface area contributed by atoms with Crippen LogP contribution in [0.25, 0.3) is 10.1 Å². The van der Waals surface area contributed by atoms with Crippen LogP contribution in [0.2, 0.25) is 5.02 Å². The first-order valence-corrected chi connectivity index (χ1v) is 13.8. The van der Waals surface area contributed by atoms with Gasteiger partial charge in [-0.25, -0.2) is 18.2 Å². The number of aryl methyl sites for hydroxylation is 1. The fourth-order valence-electron chi connectivity index (χ4n) is 3.74. The van der Waals surface area contributed by atoms with Gasteiger partial charge in [0.05, 0.1) is 6.54 Å². The van der Waals surface area contributed by atoms with Crippen molar-refractivity contribution < 1.29 is 22.7 Å². The third-order valence-electron chi connectivity index (χ3n) is 5.43. The Balaban J connectivity index is 1.31. The van der Waals surface area contributed by atoms with Gasteiger partial charge in [0.15, 0.2) is 0 Å². The molecule has 1 saturated heterocycles. The molecule has 1 aliphatic rings. The third kappa shape index (κ3) is 6.03. The number of H-pyrrole nitrogens is 1. The van der Waals surface area contributed by atoms with E-state index in [0.717, 1.165) is 27.1 Å². The number of piperazine rings is 1. The summed E-state index contributed by atoms with van der Waals surface area (Å²) in [5.41, 5.74) is 0.162. The van der Waals surface area contributed by atoms with E-state index in [1.807, 2.05) is 0 Å². The van der Waals surface area contributed by atoms with Crippen LogP contribution in [-0.2, 0) is 26.0 Å². The number of aromatic nitrogens is 2. The molecule has 0 unspecified atom stereocenters. The summed E-state index contributed by atoms with van der Waals surface area (Å²) in [5.74, 6) is -0.602. The minimum absolute atomic E-state index is 0.147. The number of hydrogen-bond donors (Lipinski definition) is 1. The van der Waals surface area contributed by atoms with Gasteiger partial charge in [0, 0.05) is 41.2 Å². The van der Waals surface area contributed by atoms with Crippen LogP contribution >= 0.6 is 22.9 Å². The number of aromatic amines is 1. The summed E-state index contributed by atoms with van der Waals surface area (Å²) >= 11 is 7.17. The average molecular weight is 539 g/mol. The molecule has 1 fully saturated rings. The maximum absolute atomic E-state index is 13.1. The highest BCUT2D eigenvalue weighted by Gasteiger charge is 2.33. The average Bonchev–Trinajstić information content (AvgIpc) is 3.41. The van der Waals surface area contributed by atoms with E-state index in [1.54, 1.807) is 56.1 Å².